The van der Waals surface area contributed by atoms with Crippen molar-refractivity contribution in [3.05, 3.63) is 54.2 Å². The SMILES string of the molecule is COc1ccc2nccc([C@@H](F)CC[C@@H]3CCN(CC#Cc4nccn4C)C[C@@H]3CC(=O)O)c2c1. The minimum Gasteiger partial charge on any atom is -0.497 e. The maximum atomic E-state index is 15.4. The lowest BCUT2D eigenvalue weighted by molar-refractivity contribution is -0.139. The number of halogens is 1. The molecule has 0 spiro atoms. The van der Waals surface area contributed by atoms with Gasteiger partial charge in [-0.2, -0.15) is 0 Å². The third-order valence-electron chi connectivity index (χ3n) is 6.85. The molecule has 0 saturated carbocycles. The van der Waals surface area contributed by atoms with Gasteiger partial charge in [-0.1, -0.05) is 5.92 Å². The molecule has 0 radical (unpaired) electrons. The number of fused-ring (bicyclic) bond motifs is 1. The number of methoxy groups -OCH3 is 1. The lowest BCUT2D eigenvalue weighted by atomic mass is 9.79. The van der Waals surface area contributed by atoms with Crippen LogP contribution in [0.3, 0.4) is 0 Å². The Hall–Kier alpha value is -3.44. The molecule has 2 aromatic heterocycles. The number of imidazole rings is 1. The van der Waals surface area contributed by atoms with Gasteiger partial charge in [-0.3, -0.25) is 14.7 Å². The number of likely N-dealkylation sites (tertiary alicyclic amines) is 1. The van der Waals surface area contributed by atoms with E-state index in [1.807, 2.05) is 36.0 Å². The molecule has 0 unspecified atom stereocenters. The van der Waals surface area contributed by atoms with Gasteiger partial charge >= 0.3 is 5.97 Å². The van der Waals surface area contributed by atoms with Crippen LogP contribution in [0.4, 0.5) is 4.39 Å². The average molecular weight is 479 g/mol. The molecule has 1 N–H and O–H groups in total. The molecule has 3 atom stereocenters. The molecule has 184 valence electrons. The van der Waals surface area contributed by atoms with Crippen molar-refractivity contribution in [2.24, 2.45) is 18.9 Å². The van der Waals surface area contributed by atoms with E-state index in [9.17, 15) is 9.90 Å². The van der Waals surface area contributed by atoms with Gasteiger partial charge in [0, 0.05) is 44.0 Å². The number of alkyl halides is 1. The predicted octanol–water partition coefficient (Wildman–Crippen LogP) is 4.23. The number of aromatic nitrogens is 3. The molecule has 8 heteroatoms. The van der Waals surface area contributed by atoms with E-state index in [1.54, 1.807) is 25.6 Å². The van der Waals surface area contributed by atoms with Crippen LogP contribution in [0.15, 0.2) is 42.9 Å². The molecule has 7 nitrogen and oxygen atoms in total. The van der Waals surface area contributed by atoms with E-state index in [0.717, 1.165) is 23.9 Å². The highest BCUT2D eigenvalue weighted by Crippen LogP contribution is 2.36. The van der Waals surface area contributed by atoms with Gasteiger partial charge in [0.1, 0.15) is 11.9 Å². The number of carbonyl (C=O) groups is 1. The van der Waals surface area contributed by atoms with Crippen molar-refractivity contribution in [3.63, 3.8) is 0 Å². The van der Waals surface area contributed by atoms with Gasteiger partial charge in [0.15, 0.2) is 5.82 Å². The zero-order chi connectivity index (χ0) is 24.8. The summed E-state index contributed by atoms with van der Waals surface area (Å²) in [5, 5.41) is 10.2. The van der Waals surface area contributed by atoms with Gasteiger partial charge in [-0.15, -0.1) is 0 Å². The standard InChI is InChI=1S/C27H31FN4O3/c1-31-15-12-30-26(31)4-3-13-32-14-10-19(20(18-32)16-27(33)34)5-7-24(28)22-9-11-29-25-8-6-21(35-2)17-23(22)25/h6,8-9,11-12,15,17,19-20,24H,5,7,10,13-14,16,18H2,1-2H3,(H,33,34)/t19-,20+,24+/m1/s1. The van der Waals surface area contributed by atoms with Crippen molar-refractivity contribution < 1.29 is 19.0 Å². The molecule has 1 aliphatic heterocycles. The van der Waals surface area contributed by atoms with E-state index in [2.05, 4.69) is 26.7 Å². The number of aliphatic carboxylic acids is 1. The van der Waals surface area contributed by atoms with Crippen LogP contribution in [0, 0.1) is 23.7 Å². The number of hydrogen-bond acceptors (Lipinski definition) is 5. The van der Waals surface area contributed by atoms with Gasteiger partial charge < -0.3 is 14.4 Å². The fraction of sp³-hybridized carbons (Fsp3) is 0.444. The monoisotopic (exact) mass is 478 g/mol. The number of rotatable bonds is 8. The van der Waals surface area contributed by atoms with Crippen LogP contribution >= 0.6 is 0 Å². The highest BCUT2D eigenvalue weighted by Gasteiger charge is 2.31. The highest BCUT2D eigenvalue weighted by molar-refractivity contribution is 5.83. The Bertz CT molecular complexity index is 1230. The van der Waals surface area contributed by atoms with Crippen molar-refractivity contribution in [1.29, 1.82) is 0 Å². The Balaban J connectivity index is 1.39. The first-order valence-electron chi connectivity index (χ1n) is 11.9. The first-order chi connectivity index (χ1) is 16.9. The third kappa shape index (κ3) is 6.17. The number of piperidine rings is 1. The van der Waals surface area contributed by atoms with Gasteiger partial charge in [-0.25, -0.2) is 9.37 Å². The Kier molecular flexibility index (Phi) is 7.98. The van der Waals surface area contributed by atoms with E-state index in [1.165, 1.54) is 0 Å². The van der Waals surface area contributed by atoms with Crippen LogP contribution in [0.2, 0.25) is 0 Å². The zero-order valence-corrected chi connectivity index (χ0v) is 20.2. The van der Waals surface area contributed by atoms with Crippen molar-refractivity contribution in [3.8, 4) is 17.6 Å². The number of hydrogen-bond donors (Lipinski definition) is 1. The normalized spacial score (nSPS) is 19.2. The molecule has 1 fully saturated rings. The molecule has 1 saturated heterocycles. The van der Waals surface area contributed by atoms with Gasteiger partial charge in [0.25, 0.3) is 0 Å². The van der Waals surface area contributed by atoms with Gasteiger partial charge in [0.05, 0.1) is 19.2 Å². The van der Waals surface area contributed by atoms with Crippen molar-refractivity contribution >= 4 is 16.9 Å². The number of nitrogens with zero attached hydrogens (tertiary/aromatic N) is 4. The van der Waals surface area contributed by atoms with Crippen molar-refractivity contribution in [2.75, 3.05) is 26.7 Å². The van der Waals surface area contributed by atoms with Crippen LogP contribution in [-0.4, -0.2) is 57.3 Å². The summed E-state index contributed by atoms with van der Waals surface area (Å²) in [6.45, 7) is 2.03. The summed E-state index contributed by atoms with van der Waals surface area (Å²) in [6.07, 6.45) is 5.94. The van der Waals surface area contributed by atoms with Crippen molar-refractivity contribution in [2.45, 2.75) is 31.9 Å². The maximum Gasteiger partial charge on any atom is 0.303 e. The van der Waals surface area contributed by atoms with E-state index in [-0.39, 0.29) is 18.3 Å². The average Bonchev–Trinajstić information content (AvgIpc) is 3.26. The lowest BCUT2D eigenvalue weighted by Gasteiger charge is -2.37. The fourth-order valence-corrected chi connectivity index (χ4v) is 4.91. The second-order valence-corrected chi connectivity index (χ2v) is 9.13. The Morgan fingerprint density at radius 3 is 2.89 bits per heavy atom. The van der Waals surface area contributed by atoms with E-state index in [0.29, 0.717) is 43.1 Å². The van der Waals surface area contributed by atoms with E-state index in [4.69, 9.17) is 4.74 Å². The first-order valence-corrected chi connectivity index (χ1v) is 11.9. The third-order valence-corrected chi connectivity index (χ3v) is 6.85. The summed E-state index contributed by atoms with van der Waals surface area (Å²) in [5.74, 6) is 6.91. The fourth-order valence-electron chi connectivity index (χ4n) is 4.91. The zero-order valence-electron chi connectivity index (χ0n) is 20.2. The molecular formula is C27H31FN4O3. The molecule has 1 aromatic carbocycles. The number of carboxylic acid groups (broad SMARTS) is 1. The number of carboxylic acids is 1. The molecule has 4 rings (SSSR count). The summed E-state index contributed by atoms with van der Waals surface area (Å²) in [7, 11) is 3.48. The molecule has 3 heterocycles. The van der Waals surface area contributed by atoms with Crippen LogP contribution in [-0.2, 0) is 11.8 Å². The topological polar surface area (TPSA) is 80.5 Å². The summed E-state index contributed by atoms with van der Waals surface area (Å²) in [6, 6.07) is 7.20. The summed E-state index contributed by atoms with van der Waals surface area (Å²) >= 11 is 0. The highest BCUT2D eigenvalue weighted by atomic mass is 19.1. The minimum atomic E-state index is -1.15. The van der Waals surface area contributed by atoms with Crippen LogP contribution in [0.5, 0.6) is 5.75 Å². The lowest BCUT2D eigenvalue weighted by Crippen LogP contribution is -2.41. The van der Waals surface area contributed by atoms with Crippen molar-refractivity contribution in [1.82, 2.24) is 19.4 Å². The van der Waals surface area contributed by atoms with Crippen LogP contribution in [0.25, 0.3) is 10.9 Å². The second kappa shape index (κ2) is 11.3. The predicted molar refractivity (Wildman–Crippen MR) is 132 cm³/mol. The Morgan fingerprint density at radius 1 is 1.29 bits per heavy atom. The Morgan fingerprint density at radius 2 is 2.14 bits per heavy atom. The van der Waals surface area contributed by atoms with Gasteiger partial charge in [-0.05, 0) is 73.4 Å². The second-order valence-electron chi connectivity index (χ2n) is 9.13. The quantitative estimate of drug-likeness (QED) is 0.488. The smallest absolute Gasteiger partial charge is 0.303 e. The van der Waals surface area contributed by atoms with E-state index < -0.39 is 12.1 Å². The van der Waals surface area contributed by atoms with Crippen LogP contribution in [0.1, 0.15) is 43.2 Å². The molecular weight excluding hydrogens is 447 g/mol. The maximum absolute atomic E-state index is 15.4. The van der Waals surface area contributed by atoms with Gasteiger partial charge in [0.2, 0.25) is 0 Å². The van der Waals surface area contributed by atoms with E-state index >= 15 is 4.39 Å². The Labute approximate surface area is 204 Å². The number of benzene rings is 1. The minimum absolute atomic E-state index is 0.0299. The summed E-state index contributed by atoms with van der Waals surface area (Å²) in [5.41, 5.74) is 1.33. The molecule has 35 heavy (non-hydrogen) atoms. The molecule has 0 amide bonds. The number of pyridine rings is 1. The number of ether oxygens (including phenoxy) is 1. The molecule has 0 aliphatic carbocycles. The molecule has 1 aliphatic rings. The molecule has 3 aromatic rings. The number of aryl methyl sites for hydroxylation is 1. The van der Waals surface area contributed by atoms with Crippen LogP contribution < -0.4 is 4.74 Å². The summed E-state index contributed by atoms with van der Waals surface area (Å²) < 4.78 is 22.6. The largest absolute Gasteiger partial charge is 0.497 e. The summed E-state index contributed by atoms with van der Waals surface area (Å²) in [4.78, 5) is 22.3. The molecule has 0 bridgehead atoms. The first kappa shape index (κ1) is 24.7.